The molecule has 1 amide bonds. The molecule has 0 saturated carbocycles. The van der Waals surface area contributed by atoms with Crippen LogP contribution in [0.2, 0.25) is 5.02 Å². The summed E-state index contributed by atoms with van der Waals surface area (Å²) in [7, 11) is 0. The Balaban J connectivity index is 2.01. The number of aryl methyl sites for hydroxylation is 1. The lowest BCUT2D eigenvalue weighted by molar-refractivity contribution is 0.0946. The molecule has 0 bridgehead atoms. The molecule has 88 valence electrons. The molecule has 17 heavy (non-hydrogen) atoms. The quantitative estimate of drug-likeness (QED) is 0.892. The van der Waals surface area contributed by atoms with Gasteiger partial charge in [-0.1, -0.05) is 16.8 Å². The van der Waals surface area contributed by atoms with Gasteiger partial charge in [0, 0.05) is 12.4 Å². The smallest absolute Gasteiger partial charge is 0.253 e. The number of carbonyl (C=O) groups is 1. The standard InChI is InChI=1S/C10H9ClN4O2/c1-6-14-9(17-15-6)5-13-10(16)7-2-3-12-4-8(7)11/h2-4H,5H2,1H3,(H,13,16). The van der Waals surface area contributed by atoms with Gasteiger partial charge in [-0.25, -0.2) is 0 Å². The van der Waals surface area contributed by atoms with Crippen LogP contribution in [0.15, 0.2) is 23.0 Å². The summed E-state index contributed by atoms with van der Waals surface area (Å²) in [4.78, 5) is 19.5. The monoisotopic (exact) mass is 252 g/mol. The Bertz CT molecular complexity index is 541. The van der Waals surface area contributed by atoms with Crippen LogP contribution in [0.1, 0.15) is 22.1 Å². The third kappa shape index (κ3) is 2.79. The van der Waals surface area contributed by atoms with E-state index in [-0.39, 0.29) is 12.5 Å². The first-order chi connectivity index (χ1) is 8.16. The van der Waals surface area contributed by atoms with Gasteiger partial charge in [0.2, 0.25) is 5.89 Å². The summed E-state index contributed by atoms with van der Waals surface area (Å²) in [6.07, 6.45) is 2.91. The molecular weight excluding hydrogens is 244 g/mol. The second-order valence-corrected chi connectivity index (χ2v) is 3.68. The van der Waals surface area contributed by atoms with Gasteiger partial charge in [0.15, 0.2) is 5.82 Å². The van der Waals surface area contributed by atoms with Crippen molar-refractivity contribution in [3.05, 3.63) is 40.8 Å². The van der Waals surface area contributed by atoms with Crippen LogP contribution in [0.5, 0.6) is 0 Å². The molecule has 0 aromatic carbocycles. The third-order valence-electron chi connectivity index (χ3n) is 1.99. The van der Waals surface area contributed by atoms with Crippen LogP contribution < -0.4 is 5.32 Å². The maximum absolute atomic E-state index is 11.7. The molecule has 2 heterocycles. The summed E-state index contributed by atoms with van der Waals surface area (Å²) >= 11 is 5.83. The second kappa shape index (κ2) is 4.92. The van der Waals surface area contributed by atoms with Gasteiger partial charge in [0.05, 0.1) is 17.1 Å². The van der Waals surface area contributed by atoms with E-state index in [1.54, 1.807) is 6.92 Å². The Morgan fingerprint density at radius 2 is 2.41 bits per heavy atom. The second-order valence-electron chi connectivity index (χ2n) is 3.27. The molecule has 7 heteroatoms. The van der Waals surface area contributed by atoms with Gasteiger partial charge in [-0.05, 0) is 13.0 Å². The number of aromatic nitrogens is 3. The number of nitrogens with zero attached hydrogens (tertiary/aromatic N) is 3. The van der Waals surface area contributed by atoms with Crippen LogP contribution in [0, 0.1) is 6.92 Å². The summed E-state index contributed by atoms with van der Waals surface area (Å²) in [6, 6.07) is 1.54. The van der Waals surface area contributed by atoms with Crippen LogP contribution in [0.3, 0.4) is 0 Å². The Hall–Kier alpha value is -1.95. The number of rotatable bonds is 3. The lowest BCUT2D eigenvalue weighted by Gasteiger charge is -2.03. The first kappa shape index (κ1) is 11.5. The number of hydrogen-bond acceptors (Lipinski definition) is 5. The van der Waals surface area contributed by atoms with E-state index >= 15 is 0 Å². The van der Waals surface area contributed by atoms with Crippen molar-refractivity contribution < 1.29 is 9.32 Å². The molecule has 1 N–H and O–H groups in total. The predicted octanol–water partition coefficient (Wildman–Crippen LogP) is 1.36. The SMILES string of the molecule is Cc1noc(CNC(=O)c2ccncc2Cl)n1. The number of nitrogens with one attached hydrogen (secondary N) is 1. The summed E-state index contributed by atoms with van der Waals surface area (Å²) in [6.45, 7) is 1.87. The largest absolute Gasteiger partial charge is 0.343 e. The lowest BCUT2D eigenvalue weighted by atomic mass is 10.2. The summed E-state index contributed by atoms with van der Waals surface area (Å²) in [5.41, 5.74) is 0.359. The molecule has 0 radical (unpaired) electrons. The van der Waals surface area contributed by atoms with Gasteiger partial charge in [0.1, 0.15) is 0 Å². The molecule has 0 aliphatic carbocycles. The highest BCUT2D eigenvalue weighted by molar-refractivity contribution is 6.33. The Labute approximate surface area is 102 Å². The first-order valence-electron chi connectivity index (χ1n) is 4.83. The van der Waals surface area contributed by atoms with Crippen molar-refractivity contribution in [3.8, 4) is 0 Å². The zero-order valence-corrected chi connectivity index (χ0v) is 9.73. The van der Waals surface area contributed by atoms with Gasteiger partial charge in [-0.2, -0.15) is 4.98 Å². The van der Waals surface area contributed by atoms with Crippen LogP contribution in [0.25, 0.3) is 0 Å². The van der Waals surface area contributed by atoms with E-state index in [0.29, 0.717) is 22.3 Å². The number of hydrogen-bond donors (Lipinski definition) is 1. The maximum Gasteiger partial charge on any atom is 0.253 e. The Morgan fingerprint density at radius 1 is 1.59 bits per heavy atom. The highest BCUT2D eigenvalue weighted by Gasteiger charge is 2.11. The fourth-order valence-corrected chi connectivity index (χ4v) is 1.43. The van der Waals surface area contributed by atoms with Gasteiger partial charge in [-0.15, -0.1) is 0 Å². The molecule has 0 aliphatic rings. The van der Waals surface area contributed by atoms with E-state index < -0.39 is 0 Å². The predicted molar refractivity (Wildman–Crippen MR) is 59.5 cm³/mol. The van der Waals surface area contributed by atoms with Crippen LogP contribution >= 0.6 is 11.6 Å². The third-order valence-corrected chi connectivity index (χ3v) is 2.29. The maximum atomic E-state index is 11.7. The van der Waals surface area contributed by atoms with Gasteiger partial charge in [-0.3, -0.25) is 9.78 Å². The fourth-order valence-electron chi connectivity index (χ4n) is 1.22. The summed E-state index contributed by atoms with van der Waals surface area (Å²) in [5, 5.41) is 6.53. The average molecular weight is 253 g/mol. The minimum absolute atomic E-state index is 0.165. The zero-order valence-electron chi connectivity index (χ0n) is 8.98. The number of pyridine rings is 1. The van der Waals surface area contributed by atoms with Crippen molar-refractivity contribution in [1.82, 2.24) is 20.4 Å². The van der Waals surface area contributed by atoms with Crippen molar-refractivity contribution in [3.63, 3.8) is 0 Å². The summed E-state index contributed by atoms with van der Waals surface area (Å²) < 4.78 is 4.86. The minimum atomic E-state index is -0.312. The molecule has 0 unspecified atom stereocenters. The molecule has 0 fully saturated rings. The van der Waals surface area contributed by atoms with Crippen LogP contribution in [-0.2, 0) is 6.54 Å². The van der Waals surface area contributed by atoms with E-state index in [2.05, 4.69) is 20.4 Å². The van der Waals surface area contributed by atoms with Gasteiger partial charge < -0.3 is 9.84 Å². The lowest BCUT2D eigenvalue weighted by Crippen LogP contribution is -2.23. The van der Waals surface area contributed by atoms with E-state index in [4.69, 9.17) is 16.1 Å². The minimum Gasteiger partial charge on any atom is -0.343 e. The van der Waals surface area contributed by atoms with E-state index in [0.717, 1.165) is 0 Å². The molecule has 0 saturated heterocycles. The van der Waals surface area contributed by atoms with Crippen molar-refractivity contribution in [2.75, 3.05) is 0 Å². The van der Waals surface area contributed by atoms with Crippen molar-refractivity contribution >= 4 is 17.5 Å². The Kier molecular flexibility index (Phi) is 3.34. The van der Waals surface area contributed by atoms with Crippen LogP contribution in [0.4, 0.5) is 0 Å². The number of amides is 1. The fraction of sp³-hybridized carbons (Fsp3) is 0.200. The molecule has 2 rings (SSSR count). The van der Waals surface area contributed by atoms with Gasteiger partial charge in [0.25, 0.3) is 5.91 Å². The van der Waals surface area contributed by atoms with Crippen LogP contribution in [-0.4, -0.2) is 21.0 Å². The van der Waals surface area contributed by atoms with Crippen molar-refractivity contribution in [2.45, 2.75) is 13.5 Å². The van der Waals surface area contributed by atoms with Crippen molar-refractivity contribution in [2.24, 2.45) is 0 Å². The molecular formula is C10H9ClN4O2. The molecule has 0 aliphatic heterocycles. The van der Waals surface area contributed by atoms with Gasteiger partial charge >= 0.3 is 0 Å². The molecule has 2 aromatic rings. The van der Waals surface area contributed by atoms with E-state index in [9.17, 15) is 4.79 Å². The first-order valence-corrected chi connectivity index (χ1v) is 5.21. The topological polar surface area (TPSA) is 80.9 Å². The summed E-state index contributed by atoms with van der Waals surface area (Å²) in [5.74, 6) is 0.561. The zero-order chi connectivity index (χ0) is 12.3. The molecule has 0 spiro atoms. The number of carbonyl (C=O) groups excluding carboxylic acids is 1. The normalized spacial score (nSPS) is 10.2. The molecule has 0 atom stereocenters. The highest BCUT2D eigenvalue weighted by Crippen LogP contribution is 2.12. The average Bonchev–Trinajstić information content (AvgIpc) is 2.73. The van der Waals surface area contributed by atoms with E-state index in [1.807, 2.05) is 0 Å². The van der Waals surface area contributed by atoms with E-state index in [1.165, 1.54) is 18.5 Å². The molecule has 6 nitrogen and oxygen atoms in total. The molecule has 2 aromatic heterocycles. The number of halogens is 1. The van der Waals surface area contributed by atoms with Crippen molar-refractivity contribution in [1.29, 1.82) is 0 Å². The Morgan fingerprint density at radius 3 is 3.06 bits per heavy atom. The highest BCUT2D eigenvalue weighted by atomic mass is 35.5.